The highest BCUT2D eigenvalue weighted by Crippen LogP contribution is 2.17. The Morgan fingerprint density at radius 1 is 1.32 bits per heavy atom. The summed E-state index contributed by atoms with van der Waals surface area (Å²) in [6.45, 7) is 11.3. The van der Waals surface area contributed by atoms with Gasteiger partial charge in [0.1, 0.15) is 0 Å². The van der Waals surface area contributed by atoms with E-state index in [-0.39, 0.29) is 0 Å². The number of hydrogen-bond acceptors (Lipinski definition) is 2. The predicted octanol–water partition coefficient (Wildman–Crippen LogP) is 3.19. The van der Waals surface area contributed by atoms with Crippen molar-refractivity contribution >= 4 is 0 Å². The van der Waals surface area contributed by atoms with Gasteiger partial charge in [0, 0.05) is 12.7 Å². The Balaban J connectivity index is 2.61. The van der Waals surface area contributed by atoms with Crippen LogP contribution < -0.4 is 5.32 Å². The highest BCUT2D eigenvalue weighted by Gasteiger charge is 2.14. The van der Waals surface area contributed by atoms with Crippen molar-refractivity contribution in [2.45, 2.75) is 53.4 Å². The number of rotatable bonds is 9. The van der Waals surface area contributed by atoms with Crippen LogP contribution in [0.3, 0.4) is 0 Å². The SMILES string of the molecule is CCCNCC(Cc1cc(CC)nn1C)CC(C)C. The third-order valence-electron chi connectivity index (χ3n) is 3.55. The molecule has 0 spiro atoms. The van der Waals surface area contributed by atoms with Crippen LogP contribution in [0.5, 0.6) is 0 Å². The van der Waals surface area contributed by atoms with E-state index in [9.17, 15) is 0 Å². The molecule has 1 N–H and O–H groups in total. The van der Waals surface area contributed by atoms with Gasteiger partial charge in [-0.2, -0.15) is 5.10 Å². The lowest BCUT2D eigenvalue weighted by atomic mass is 9.92. The Morgan fingerprint density at radius 3 is 2.58 bits per heavy atom. The highest BCUT2D eigenvalue weighted by atomic mass is 15.3. The van der Waals surface area contributed by atoms with Gasteiger partial charge in [0.25, 0.3) is 0 Å². The summed E-state index contributed by atoms with van der Waals surface area (Å²) in [4.78, 5) is 0. The molecule has 0 aromatic carbocycles. The summed E-state index contributed by atoms with van der Waals surface area (Å²) < 4.78 is 2.06. The molecule has 110 valence electrons. The highest BCUT2D eigenvalue weighted by molar-refractivity contribution is 5.11. The van der Waals surface area contributed by atoms with Gasteiger partial charge in [0.2, 0.25) is 0 Å². The molecule has 1 unspecified atom stereocenters. The van der Waals surface area contributed by atoms with Crippen LogP contribution in [-0.4, -0.2) is 22.9 Å². The Labute approximate surface area is 118 Å². The minimum atomic E-state index is 0.714. The van der Waals surface area contributed by atoms with Gasteiger partial charge < -0.3 is 5.32 Å². The van der Waals surface area contributed by atoms with Crippen molar-refractivity contribution in [3.63, 3.8) is 0 Å². The lowest BCUT2D eigenvalue weighted by Crippen LogP contribution is -2.26. The maximum atomic E-state index is 4.55. The molecule has 0 aliphatic heterocycles. The smallest absolute Gasteiger partial charge is 0.0624 e. The van der Waals surface area contributed by atoms with E-state index < -0.39 is 0 Å². The molecule has 0 saturated heterocycles. The second kappa shape index (κ2) is 8.36. The molecule has 19 heavy (non-hydrogen) atoms. The second-order valence-electron chi connectivity index (χ2n) is 6.01. The van der Waals surface area contributed by atoms with Crippen molar-refractivity contribution in [3.8, 4) is 0 Å². The third kappa shape index (κ3) is 5.77. The van der Waals surface area contributed by atoms with E-state index in [1.54, 1.807) is 0 Å². The first kappa shape index (κ1) is 16.2. The Kier molecular flexibility index (Phi) is 7.14. The number of nitrogens with one attached hydrogen (secondary N) is 1. The van der Waals surface area contributed by atoms with E-state index in [1.165, 1.54) is 24.2 Å². The first-order chi connectivity index (χ1) is 9.06. The van der Waals surface area contributed by atoms with Crippen molar-refractivity contribution < 1.29 is 0 Å². The summed E-state index contributed by atoms with van der Waals surface area (Å²) in [7, 11) is 2.07. The van der Waals surface area contributed by atoms with Crippen molar-refractivity contribution in [2.75, 3.05) is 13.1 Å². The molecule has 1 aromatic heterocycles. The molecule has 0 bridgehead atoms. The van der Waals surface area contributed by atoms with E-state index in [4.69, 9.17) is 0 Å². The van der Waals surface area contributed by atoms with Crippen LogP contribution in [0, 0.1) is 11.8 Å². The van der Waals surface area contributed by atoms with E-state index in [0.717, 1.165) is 31.8 Å². The molecule has 0 aliphatic rings. The van der Waals surface area contributed by atoms with Gasteiger partial charge in [-0.3, -0.25) is 4.68 Å². The molecule has 1 atom stereocenters. The summed E-state index contributed by atoms with van der Waals surface area (Å²) in [5, 5.41) is 8.13. The van der Waals surface area contributed by atoms with Gasteiger partial charge in [-0.05, 0) is 56.7 Å². The molecular formula is C16H31N3. The van der Waals surface area contributed by atoms with Crippen molar-refractivity contribution in [1.82, 2.24) is 15.1 Å². The fraction of sp³-hybridized carbons (Fsp3) is 0.812. The molecule has 0 saturated carbocycles. The number of aryl methyl sites for hydroxylation is 2. The first-order valence-corrected chi connectivity index (χ1v) is 7.79. The fourth-order valence-corrected chi connectivity index (χ4v) is 2.62. The van der Waals surface area contributed by atoms with Crippen LogP contribution in [0.15, 0.2) is 6.07 Å². The fourth-order valence-electron chi connectivity index (χ4n) is 2.62. The zero-order valence-electron chi connectivity index (χ0n) is 13.4. The van der Waals surface area contributed by atoms with Gasteiger partial charge >= 0.3 is 0 Å². The number of nitrogens with zero attached hydrogens (tertiary/aromatic N) is 2. The average Bonchev–Trinajstić information content (AvgIpc) is 2.70. The summed E-state index contributed by atoms with van der Waals surface area (Å²) in [5.74, 6) is 1.47. The van der Waals surface area contributed by atoms with Crippen LogP contribution in [-0.2, 0) is 19.9 Å². The third-order valence-corrected chi connectivity index (χ3v) is 3.55. The van der Waals surface area contributed by atoms with E-state index in [1.807, 2.05) is 0 Å². The monoisotopic (exact) mass is 265 g/mol. The lowest BCUT2D eigenvalue weighted by molar-refractivity contribution is 0.378. The minimum absolute atomic E-state index is 0.714. The molecule has 0 aliphatic carbocycles. The van der Waals surface area contributed by atoms with Crippen LogP contribution in [0.4, 0.5) is 0 Å². The van der Waals surface area contributed by atoms with E-state index in [0.29, 0.717) is 5.92 Å². The van der Waals surface area contributed by atoms with Gasteiger partial charge in [0.05, 0.1) is 5.69 Å². The Morgan fingerprint density at radius 2 is 2.05 bits per heavy atom. The molecule has 1 rings (SSSR count). The standard InChI is InChI=1S/C16H31N3/c1-6-8-17-12-14(9-13(3)4)10-16-11-15(7-2)18-19(16)5/h11,13-14,17H,6-10,12H2,1-5H3. The average molecular weight is 265 g/mol. The molecule has 0 fully saturated rings. The second-order valence-corrected chi connectivity index (χ2v) is 6.01. The number of aromatic nitrogens is 2. The first-order valence-electron chi connectivity index (χ1n) is 7.79. The molecule has 0 radical (unpaired) electrons. The van der Waals surface area contributed by atoms with Gasteiger partial charge in [-0.1, -0.05) is 27.7 Å². The molecular weight excluding hydrogens is 234 g/mol. The van der Waals surface area contributed by atoms with Crippen molar-refractivity contribution in [2.24, 2.45) is 18.9 Å². The number of hydrogen-bond donors (Lipinski definition) is 1. The van der Waals surface area contributed by atoms with E-state index in [2.05, 4.69) is 55.9 Å². The predicted molar refractivity (Wildman–Crippen MR) is 82.4 cm³/mol. The molecule has 3 heteroatoms. The van der Waals surface area contributed by atoms with Gasteiger partial charge in [-0.25, -0.2) is 0 Å². The quantitative estimate of drug-likeness (QED) is 0.695. The Bertz CT molecular complexity index is 355. The normalized spacial score (nSPS) is 13.2. The van der Waals surface area contributed by atoms with Crippen molar-refractivity contribution in [3.05, 3.63) is 17.5 Å². The summed E-state index contributed by atoms with van der Waals surface area (Å²) in [6.07, 6.45) is 4.65. The summed E-state index contributed by atoms with van der Waals surface area (Å²) in [5.41, 5.74) is 2.59. The van der Waals surface area contributed by atoms with Crippen LogP contribution in [0.25, 0.3) is 0 Å². The van der Waals surface area contributed by atoms with Gasteiger partial charge in [-0.15, -0.1) is 0 Å². The van der Waals surface area contributed by atoms with E-state index >= 15 is 0 Å². The largest absolute Gasteiger partial charge is 0.316 e. The van der Waals surface area contributed by atoms with Crippen LogP contribution in [0.1, 0.15) is 51.9 Å². The Hall–Kier alpha value is -0.830. The van der Waals surface area contributed by atoms with Crippen molar-refractivity contribution in [1.29, 1.82) is 0 Å². The molecule has 3 nitrogen and oxygen atoms in total. The minimum Gasteiger partial charge on any atom is -0.316 e. The lowest BCUT2D eigenvalue weighted by Gasteiger charge is -2.19. The zero-order chi connectivity index (χ0) is 14.3. The summed E-state index contributed by atoms with van der Waals surface area (Å²) >= 11 is 0. The maximum absolute atomic E-state index is 4.55. The molecule has 1 aromatic rings. The summed E-state index contributed by atoms with van der Waals surface area (Å²) in [6, 6.07) is 2.27. The van der Waals surface area contributed by atoms with Gasteiger partial charge in [0.15, 0.2) is 0 Å². The topological polar surface area (TPSA) is 29.9 Å². The zero-order valence-corrected chi connectivity index (χ0v) is 13.4. The molecule has 0 amide bonds. The maximum Gasteiger partial charge on any atom is 0.0624 e. The van der Waals surface area contributed by atoms with Crippen LogP contribution in [0.2, 0.25) is 0 Å². The van der Waals surface area contributed by atoms with Crippen LogP contribution >= 0.6 is 0 Å². The molecule has 1 heterocycles.